The van der Waals surface area contributed by atoms with Gasteiger partial charge in [-0.15, -0.1) is 0 Å². The topological polar surface area (TPSA) is 93.9 Å². The number of benzene rings is 2. The molecule has 0 aliphatic carbocycles. The lowest BCUT2D eigenvalue weighted by Crippen LogP contribution is -2.43. The summed E-state index contributed by atoms with van der Waals surface area (Å²) in [4.78, 5) is 24.0. The van der Waals surface area contributed by atoms with Crippen molar-refractivity contribution in [2.24, 2.45) is 0 Å². The number of carbonyl (C=O) groups excluding carboxylic acids is 2. The molecule has 0 bridgehead atoms. The number of carbonyl (C=O) groups is 2. The second-order valence-electron chi connectivity index (χ2n) is 7.90. The van der Waals surface area contributed by atoms with Gasteiger partial charge < -0.3 is 25.4 Å². The molecule has 0 radical (unpaired) electrons. The first-order chi connectivity index (χ1) is 14.3. The summed E-state index contributed by atoms with van der Waals surface area (Å²) >= 11 is 0. The maximum atomic E-state index is 12.2. The first-order valence-electron chi connectivity index (χ1n) is 9.98. The van der Waals surface area contributed by atoms with Crippen LogP contribution >= 0.6 is 0 Å². The Labute approximate surface area is 178 Å². The van der Waals surface area contributed by atoms with E-state index in [2.05, 4.69) is 15.0 Å². The molecular weight excluding hydrogens is 382 g/mol. The summed E-state index contributed by atoms with van der Waals surface area (Å²) in [5, 5.41) is 3.31. The van der Waals surface area contributed by atoms with Crippen LogP contribution in [-0.4, -0.2) is 44.2 Å². The van der Waals surface area contributed by atoms with Crippen molar-refractivity contribution in [2.75, 3.05) is 36.8 Å². The smallest absolute Gasteiger partial charge is 0.338 e. The lowest BCUT2D eigenvalue weighted by molar-refractivity contribution is -0.138. The fourth-order valence-electron chi connectivity index (χ4n) is 2.83. The molecule has 0 atom stereocenters. The van der Waals surface area contributed by atoms with E-state index in [9.17, 15) is 9.59 Å². The standard InChI is InChI=1S/C18H21N3O2.C5H10O2/c19-16-12-15(6-7-17(16)21-10-8-20-9-11-21)18(22)23-13-14-4-2-1-3-5-14;1-5(2,3)7-4-6/h1-7,12,20H,8-11,13,19H2;4H,1-3H3. The first-order valence-corrected chi connectivity index (χ1v) is 9.98. The lowest BCUT2D eigenvalue weighted by atomic mass is 10.1. The Kier molecular flexibility index (Phi) is 8.68. The Morgan fingerprint density at radius 2 is 1.80 bits per heavy atom. The molecule has 1 fully saturated rings. The van der Waals surface area contributed by atoms with Crippen LogP contribution in [0.15, 0.2) is 48.5 Å². The summed E-state index contributed by atoms with van der Waals surface area (Å²) in [5.41, 5.74) is 8.85. The largest absolute Gasteiger partial charge is 0.462 e. The number of nitrogen functional groups attached to an aromatic ring is 1. The summed E-state index contributed by atoms with van der Waals surface area (Å²) in [6.07, 6.45) is 0. The SMILES string of the molecule is CC(C)(C)OC=O.Nc1cc(C(=O)OCc2ccccc2)ccc1N1CCNCC1. The molecule has 7 nitrogen and oxygen atoms in total. The van der Waals surface area contributed by atoms with Gasteiger partial charge in [0.15, 0.2) is 0 Å². The second-order valence-corrected chi connectivity index (χ2v) is 7.90. The van der Waals surface area contributed by atoms with Crippen molar-refractivity contribution in [3.05, 3.63) is 59.7 Å². The van der Waals surface area contributed by atoms with E-state index in [4.69, 9.17) is 10.5 Å². The second kappa shape index (κ2) is 11.2. The van der Waals surface area contributed by atoms with Gasteiger partial charge in [0.25, 0.3) is 6.47 Å². The molecule has 3 rings (SSSR count). The summed E-state index contributed by atoms with van der Waals surface area (Å²) in [6.45, 7) is 9.91. The van der Waals surface area contributed by atoms with Crippen LogP contribution in [0.5, 0.6) is 0 Å². The summed E-state index contributed by atoms with van der Waals surface area (Å²) in [6, 6.07) is 15.0. The summed E-state index contributed by atoms with van der Waals surface area (Å²) in [5.74, 6) is -0.354. The molecule has 2 aromatic carbocycles. The lowest BCUT2D eigenvalue weighted by Gasteiger charge is -2.30. The predicted octanol–water partition coefficient (Wildman–Crippen LogP) is 2.99. The zero-order valence-electron chi connectivity index (χ0n) is 17.9. The van der Waals surface area contributed by atoms with Crippen molar-refractivity contribution in [1.82, 2.24) is 5.32 Å². The first kappa shape index (κ1) is 23.2. The van der Waals surface area contributed by atoms with Crippen molar-refractivity contribution in [3.63, 3.8) is 0 Å². The van der Waals surface area contributed by atoms with Crippen LogP contribution < -0.4 is 16.0 Å². The van der Waals surface area contributed by atoms with Crippen LogP contribution in [-0.2, 0) is 20.9 Å². The highest BCUT2D eigenvalue weighted by Gasteiger charge is 2.15. The zero-order valence-corrected chi connectivity index (χ0v) is 17.9. The van der Waals surface area contributed by atoms with Gasteiger partial charge in [-0.3, -0.25) is 4.79 Å². The fourth-order valence-corrected chi connectivity index (χ4v) is 2.83. The normalized spacial score (nSPS) is 13.6. The highest BCUT2D eigenvalue weighted by molar-refractivity contribution is 5.92. The number of hydrogen-bond donors (Lipinski definition) is 2. The van der Waals surface area contributed by atoms with E-state index in [0.29, 0.717) is 17.7 Å². The van der Waals surface area contributed by atoms with E-state index in [1.54, 1.807) is 12.1 Å². The Bertz CT molecular complexity index is 813. The van der Waals surface area contributed by atoms with Gasteiger partial charge in [-0.25, -0.2) is 4.79 Å². The minimum atomic E-state index is -0.354. The number of piperazine rings is 1. The molecule has 0 spiro atoms. The zero-order chi connectivity index (χ0) is 22.0. The third kappa shape index (κ3) is 7.75. The van der Waals surface area contributed by atoms with Gasteiger partial charge in [0, 0.05) is 26.2 Å². The van der Waals surface area contributed by atoms with Crippen LogP contribution in [0.4, 0.5) is 11.4 Å². The van der Waals surface area contributed by atoms with Crippen LogP contribution in [0.2, 0.25) is 0 Å². The summed E-state index contributed by atoms with van der Waals surface area (Å²) in [7, 11) is 0. The number of ether oxygens (including phenoxy) is 2. The molecule has 2 aromatic rings. The predicted molar refractivity (Wildman–Crippen MR) is 118 cm³/mol. The Morgan fingerprint density at radius 1 is 1.13 bits per heavy atom. The Morgan fingerprint density at radius 3 is 2.33 bits per heavy atom. The van der Waals surface area contributed by atoms with Crippen LogP contribution in [0, 0.1) is 0 Å². The van der Waals surface area contributed by atoms with Gasteiger partial charge in [-0.2, -0.15) is 0 Å². The van der Waals surface area contributed by atoms with Crippen molar-refractivity contribution < 1.29 is 19.1 Å². The average molecular weight is 414 g/mol. The van der Waals surface area contributed by atoms with Crippen molar-refractivity contribution in [1.29, 1.82) is 0 Å². The van der Waals surface area contributed by atoms with E-state index in [0.717, 1.165) is 37.4 Å². The highest BCUT2D eigenvalue weighted by atomic mass is 16.5. The van der Waals surface area contributed by atoms with Crippen molar-refractivity contribution in [2.45, 2.75) is 33.0 Å². The molecule has 3 N–H and O–H groups in total. The molecule has 30 heavy (non-hydrogen) atoms. The van der Waals surface area contributed by atoms with Gasteiger partial charge in [0.2, 0.25) is 0 Å². The molecule has 1 aliphatic heterocycles. The van der Waals surface area contributed by atoms with Gasteiger partial charge >= 0.3 is 5.97 Å². The molecule has 1 heterocycles. The molecule has 7 heteroatoms. The highest BCUT2D eigenvalue weighted by Crippen LogP contribution is 2.25. The number of nitrogens with zero attached hydrogens (tertiary/aromatic N) is 1. The van der Waals surface area contributed by atoms with Crippen LogP contribution in [0.1, 0.15) is 36.7 Å². The molecular formula is C23H31N3O4. The maximum absolute atomic E-state index is 12.2. The fraction of sp³-hybridized carbons (Fsp3) is 0.391. The van der Waals surface area contributed by atoms with Crippen molar-refractivity contribution in [3.8, 4) is 0 Å². The van der Waals surface area contributed by atoms with Crippen LogP contribution in [0.3, 0.4) is 0 Å². The molecule has 0 unspecified atom stereocenters. The monoisotopic (exact) mass is 413 g/mol. The van der Waals surface area contributed by atoms with Gasteiger partial charge in [0.05, 0.1) is 16.9 Å². The molecule has 0 aromatic heterocycles. The molecule has 0 amide bonds. The number of nitrogens with one attached hydrogen (secondary N) is 1. The third-order valence-electron chi connectivity index (χ3n) is 4.34. The molecule has 1 saturated heterocycles. The minimum Gasteiger partial charge on any atom is -0.462 e. The molecule has 1 aliphatic rings. The number of nitrogens with two attached hydrogens (primary N) is 1. The number of anilines is 2. The average Bonchev–Trinajstić information content (AvgIpc) is 2.73. The van der Waals surface area contributed by atoms with Crippen molar-refractivity contribution >= 4 is 23.8 Å². The molecule has 162 valence electrons. The van der Waals surface area contributed by atoms with Gasteiger partial charge in [-0.1, -0.05) is 30.3 Å². The number of esters is 1. The molecule has 0 saturated carbocycles. The van der Waals surface area contributed by atoms with Crippen LogP contribution in [0.25, 0.3) is 0 Å². The third-order valence-corrected chi connectivity index (χ3v) is 4.34. The van der Waals surface area contributed by atoms with Gasteiger partial charge in [0.1, 0.15) is 12.2 Å². The van der Waals surface area contributed by atoms with E-state index >= 15 is 0 Å². The Balaban J connectivity index is 0.000000396. The number of rotatable bonds is 5. The summed E-state index contributed by atoms with van der Waals surface area (Å²) < 4.78 is 9.88. The van der Waals surface area contributed by atoms with E-state index in [1.807, 2.05) is 57.2 Å². The maximum Gasteiger partial charge on any atom is 0.338 e. The quantitative estimate of drug-likeness (QED) is 0.442. The van der Waals surface area contributed by atoms with E-state index in [1.165, 1.54) is 0 Å². The van der Waals surface area contributed by atoms with E-state index in [-0.39, 0.29) is 18.2 Å². The Hall–Kier alpha value is -3.06. The van der Waals surface area contributed by atoms with E-state index < -0.39 is 0 Å². The minimum absolute atomic E-state index is 0.263. The van der Waals surface area contributed by atoms with Gasteiger partial charge in [-0.05, 0) is 44.5 Å². The number of hydrogen-bond acceptors (Lipinski definition) is 7.